The predicted molar refractivity (Wildman–Crippen MR) is 107 cm³/mol. The molecule has 0 fully saturated rings. The fourth-order valence-electron chi connectivity index (χ4n) is 3.46. The summed E-state index contributed by atoms with van der Waals surface area (Å²) in [5.41, 5.74) is 8.77. The van der Waals surface area contributed by atoms with Crippen molar-refractivity contribution in [3.8, 4) is 0 Å². The number of benzene rings is 3. The zero-order chi connectivity index (χ0) is 17.4. The molecular weight excluding hydrogens is 327 g/mol. The van der Waals surface area contributed by atoms with Crippen molar-refractivity contribution in [2.45, 2.75) is 0 Å². The van der Waals surface area contributed by atoms with Gasteiger partial charge in [0.15, 0.2) is 7.14 Å². The fourth-order valence-corrected chi connectivity index (χ4v) is 6.42. The van der Waals surface area contributed by atoms with Crippen LogP contribution >= 0.6 is 7.14 Å². The molecule has 3 nitrogen and oxygen atoms in total. The van der Waals surface area contributed by atoms with E-state index in [4.69, 9.17) is 5.73 Å². The summed E-state index contributed by atoms with van der Waals surface area (Å²) in [5.74, 6) is 0. The molecule has 0 aliphatic carbocycles. The molecule has 0 saturated heterocycles. The minimum Gasteiger partial charge on any atom is -0.396 e. The van der Waals surface area contributed by atoms with Gasteiger partial charge in [-0.2, -0.15) is 0 Å². The van der Waals surface area contributed by atoms with Crippen LogP contribution in [0.3, 0.4) is 0 Å². The van der Waals surface area contributed by atoms with Gasteiger partial charge in [-0.3, -0.25) is 0 Å². The van der Waals surface area contributed by atoms with Gasteiger partial charge in [0.2, 0.25) is 0 Å². The first-order chi connectivity index (χ1) is 12.1. The van der Waals surface area contributed by atoms with Crippen LogP contribution in [0.25, 0.3) is 10.9 Å². The van der Waals surface area contributed by atoms with Gasteiger partial charge >= 0.3 is 0 Å². The maximum absolute atomic E-state index is 14.5. The van der Waals surface area contributed by atoms with Gasteiger partial charge in [-0.25, -0.2) is 0 Å². The quantitative estimate of drug-likeness (QED) is 0.578. The molecule has 0 aliphatic heterocycles. The SMILES string of the molecule is Cn1c(P(=O)(c2ccccc2)c2ccccc2)c(N)c2ccccc21. The van der Waals surface area contributed by atoms with E-state index in [0.29, 0.717) is 11.1 Å². The van der Waals surface area contributed by atoms with Gasteiger partial charge in [0.05, 0.1) is 11.2 Å². The zero-order valence-corrected chi connectivity index (χ0v) is 14.9. The van der Waals surface area contributed by atoms with Crippen LogP contribution in [-0.2, 0) is 11.6 Å². The molecule has 1 aromatic heterocycles. The van der Waals surface area contributed by atoms with E-state index in [1.807, 2.05) is 96.5 Å². The van der Waals surface area contributed by atoms with Gasteiger partial charge in [-0.15, -0.1) is 0 Å². The van der Waals surface area contributed by atoms with Crippen LogP contribution in [0.4, 0.5) is 5.69 Å². The normalized spacial score (nSPS) is 11.7. The van der Waals surface area contributed by atoms with Crippen LogP contribution in [0.2, 0.25) is 0 Å². The topological polar surface area (TPSA) is 48.0 Å². The van der Waals surface area contributed by atoms with Gasteiger partial charge in [0.25, 0.3) is 0 Å². The van der Waals surface area contributed by atoms with Crippen molar-refractivity contribution in [1.82, 2.24) is 4.57 Å². The number of hydrogen-bond donors (Lipinski definition) is 1. The summed E-state index contributed by atoms with van der Waals surface area (Å²) < 4.78 is 16.5. The number of anilines is 1. The average Bonchev–Trinajstić information content (AvgIpc) is 2.94. The monoisotopic (exact) mass is 346 g/mol. The number of para-hydroxylation sites is 1. The van der Waals surface area contributed by atoms with Crippen molar-refractivity contribution in [3.05, 3.63) is 84.9 Å². The van der Waals surface area contributed by atoms with Crippen LogP contribution in [0.15, 0.2) is 84.9 Å². The number of nitrogen functional groups attached to an aromatic ring is 1. The lowest BCUT2D eigenvalue weighted by Gasteiger charge is -2.21. The Morgan fingerprint density at radius 1 is 0.760 bits per heavy atom. The molecule has 0 radical (unpaired) electrons. The van der Waals surface area contributed by atoms with Crippen LogP contribution in [-0.4, -0.2) is 4.57 Å². The van der Waals surface area contributed by atoms with E-state index in [9.17, 15) is 4.57 Å². The molecule has 0 spiro atoms. The maximum Gasteiger partial charge on any atom is 0.188 e. The summed E-state index contributed by atoms with van der Waals surface area (Å²) in [7, 11) is -1.15. The van der Waals surface area contributed by atoms with Crippen LogP contribution in [0.1, 0.15) is 0 Å². The Balaban J connectivity index is 2.13. The largest absolute Gasteiger partial charge is 0.396 e. The number of nitrogens with zero attached hydrogens (tertiary/aromatic N) is 1. The summed E-state index contributed by atoms with van der Waals surface area (Å²) in [5, 5.41) is 2.52. The molecule has 1 heterocycles. The molecule has 0 saturated carbocycles. The third-order valence-electron chi connectivity index (χ3n) is 4.65. The average molecular weight is 346 g/mol. The molecule has 4 aromatic rings. The summed E-state index contributed by atoms with van der Waals surface area (Å²) in [6.07, 6.45) is 0. The fraction of sp³-hybridized carbons (Fsp3) is 0.0476. The smallest absolute Gasteiger partial charge is 0.188 e. The van der Waals surface area contributed by atoms with E-state index >= 15 is 0 Å². The highest BCUT2D eigenvalue weighted by molar-refractivity contribution is 7.85. The molecule has 124 valence electrons. The Hall–Kier alpha value is -2.77. The maximum atomic E-state index is 14.5. The molecule has 0 amide bonds. The van der Waals surface area contributed by atoms with Crippen molar-refractivity contribution in [2.75, 3.05) is 5.73 Å². The van der Waals surface area contributed by atoms with E-state index < -0.39 is 7.14 Å². The first-order valence-corrected chi connectivity index (χ1v) is 9.89. The minimum atomic E-state index is -3.09. The van der Waals surface area contributed by atoms with Gasteiger partial charge in [0, 0.05) is 23.0 Å². The van der Waals surface area contributed by atoms with Gasteiger partial charge in [0.1, 0.15) is 5.44 Å². The van der Waals surface area contributed by atoms with Crippen LogP contribution in [0, 0.1) is 0 Å². The summed E-state index contributed by atoms with van der Waals surface area (Å²) >= 11 is 0. The number of rotatable bonds is 3. The Bertz CT molecular complexity index is 1000. The van der Waals surface area contributed by atoms with Crippen LogP contribution in [0.5, 0.6) is 0 Å². The molecule has 0 aliphatic rings. The lowest BCUT2D eigenvalue weighted by Crippen LogP contribution is -2.30. The Kier molecular flexibility index (Phi) is 3.74. The standard InChI is InChI=1S/C21H19N2OP/c1-23-19-15-9-8-14-18(19)20(22)21(23)25(24,16-10-4-2-5-11-16)17-12-6-3-7-13-17/h2-15H,22H2,1H3. The molecule has 2 N–H and O–H groups in total. The van der Waals surface area contributed by atoms with Crippen molar-refractivity contribution in [1.29, 1.82) is 0 Å². The summed E-state index contributed by atoms with van der Waals surface area (Å²) in [4.78, 5) is 0. The first kappa shape index (κ1) is 15.7. The number of nitrogens with two attached hydrogens (primary N) is 1. The third-order valence-corrected chi connectivity index (χ3v) is 7.84. The van der Waals surface area contributed by atoms with Crippen molar-refractivity contribution < 1.29 is 4.57 Å². The van der Waals surface area contributed by atoms with E-state index in [0.717, 1.165) is 21.5 Å². The first-order valence-electron chi connectivity index (χ1n) is 8.19. The molecule has 0 bridgehead atoms. The second-order valence-corrected chi connectivity index (χ2v) is 8.77. The number of fused-ring (bicyclic) bond motifs is 1. The van der Waals surface area contributed by atoms with Crippen molar-refractivity contribution in [3.63, 3.8) is 0 Å². The van der Waals surface area contributed by atoms with E-state index in [1.54, 1.807) is 0 Å². The third kappa shape index (κ3) is 2.32. The number of hydrogen-bond acceptors (Lipinski definition) is 2. The van der Waals surface area contributed by atoms with Crippen LogP contribution < -0.4 is 21.8 Å². The van der Waals surface area contributed by atoms with E-state index in [2.05, 4.69) is 0 Å². The molecule has 0 atom stereocenters. The Morgan fingerprint density at radius 2 is 1.24 bits per heavy atom. The molecule has 3 aromatic carbocycles. The second kappa shape index (κ2) is 5.94. The molecular formula is C21H19N2OP. The highest BCUT2D eigenvalue weighted by atomic mass is 31.2. The highest BCUT2D eigenvalue weighted by Crippen LogP contribution is 2.46. The second-order valence-electron chi connectivity index (χ2n) is 6.09. The highest BCUT2D eigenvalue weighted by Gasteiger charge is 2.35. The van der Waals surface area contributed by atoms with E-state index in [1.165, 1.54) is 0 Å². The van der Waals surface area contributed by atoms with Gasteiger partial charge in [-0.1, -0.05) is 78.9 Å². The molecule has 4 rings (SSSR count). The lowest BCUT2D eigenvalue weighted by atomic mass is 10.2. The summed E-state index contributed by atoms with van der Waals surface area (Å²) in [6.45, 7) is 0. The lowest BCUT2D eigenvalue weighted by molar-refractivity contribution is 0.591. The van der Waals surface area contributed by atoms with Crippen molar-refractivity contribution in [2.24, 2.45) is 7.05 Å². The Labute approximate surface area is 147 Å². The van der Waals surface area contributed by atoms with Crippen molar-refractivity contribution >= 4 is 39.8 Å². The Morgan fingerprint density at radius 3 is 1.76 bits per heavy atom. The molecule has 4 heteroatoms. The zero-order valence-electron chi connectivity index (χ0n) is 14.0. The molecule has 0 unspecified atom stereocenters. The number of aryl methyl sites for hydroxylation is 1. The van der Waals surface area contributed by atoms with Gasteiger partial charge < -0.3 is 14.9 Å². The predicted octanol–water partition coefficient (Wildman–Crippen LogP) is 3.40. The summed E-state index contributed by atoms with van der Waals surface area (Å²) in [6, 6.07) is 27.2. The molecule has 25 heavy (non-hydrogen) atoms. The minimum absolute atomic E-state index is 0.592. The number of aromatic nitrogens is 1. The van der Waals surface area contributed by atoms with Gasteiger partial charge in [-0.05, 0) is 6.07 Å². The van der Waals surface area contributed by atoms with E-state index in [-0.39, 0.29) is 0 Å².